The number of ether oxygens (including phenoxy) is 2. The van der Waals surface area contributed by atoms with E-state index in [2.05, 4.69) is 0 Å². The van der Waals surface area contributed by atoms with E-state index in [1.165, 1.54) is 18.4 Å². The second-order valence-electron chi connectivity index (χ2n) is 11.9. The van der Waals surface area contributed by atoms with Crippen LogP contribution in [0, 0.1) is 0 Å². The molecule has 5 aromatic carbocycles. The summed E-state index contributed by atoms with van der Waals surface area (Å²) in [6.07, 6.45) is 0.109. The maximum absolute atomic E-state index is 14.7. The Hall–Kier alpha value is -5.58. The van der Waals surface area contributed by atoms with Gasteiger partial charge in [-0.15, -0.1) is 0 Å². The third-order valence-corrected chi connectivity index (χ3v) is 11.5. The van der Waals surface area contributed by atoms with Gasteiger partial charge >= 0.3 is 5.97 Å². The van der Waals surface area contributed by atoms with Crippen LogP contribution in [0.4, 0.5) is 5.13 Å². The van der Waals surface area contributed by atoms with E-state index in [0.29, 0.717) is 32.8 Å². The standard InChI is InChI=1S/C41H34N2O6S2/c1-47-32-25-23-29(24-26-32)37(44)38-36(28-15-7-3-8-16-28)42-40(50-38)43-34(39(45)48-2)27-35(51(46)49-33-21-13-6-14-22-33)41(43,30-17-9-4-10-18-30)31-19-11-5-12-20-31/h3-26,34-35H,27H2,1-2H3/t34-,35-,51?/m1/s1. The van der Waals surface area contributed by atoms with Crippen LogP contribution < -0.4 is 13.8 Å². The van der Waals surface area contributed by atoms with Gasteiger partial charge < -0.3 is 18.6 Å². The molecule has 0 bridgehead atoms. The van der Waals surface area contributed by atoms with E-state index in [0.717, 1.165) is 16.7 Å². The molecule has 2 heterocycles. The normalized spacial score (nSPS) is 17.0. The number of esters is 1. The third kappa shape index (κ3) is 6.32. The Bertz CT molecular complexity index is 2100. The average molecular weight is 715 g/mol. The lowest BCUT2D eigenvalue weighted by Crippen LogP contribution is -2.53. The fraction of sp³-hybridized carbons (Fsp3) is 0.146. The Morgan fingerprint density at radius 3 is 1.84 bits per heavy atom. The van der Waals surface area contributed by atoms with E-state index in [4.69, 9.17) is 18.6 Å². The molecule has 0 amide bonds. The second kappa shape index (κ2) is 14.7. The fourth-order valence-electron chi connectivity index (χ4n) is 6.78. The minimum atomic E-state index is -1.98. The first-order valence-corrected chi connectivity index (χ1v) is 18.3. The van der Waals surface area contributed by atoms with Gasteiger partial charge in [0.05, 0.1) is 19.9 Å². The van der Waals surface area contributed by atoms with Crippen molar-refractivity contribution in [3.05, 3.63) is 167 Å². The van der Waals surface area contributed by atoms with E-state index in [9.17, 15) is 13.8 Å². The number of carbonyl (C=O) groups excluding carboxylic acids is 2. The van der Waals surface area contributed by atoms with Gasteiger partial charge in [0.15, 0.2) is 5.13 Å². The number of anilines is 1. The Morgan fingerprint density at radius 2 is 1.29 bits per heavy atom. The topological polar surface area (TPSA) is 95.0 Å². The molecule has 10 heteroatoms. The van der Waals surface area contributed by atoms with Crippen LogP contribution in [-0.2, 0) is 26.2 Å². The van der Waals surface area contributed by atoms with Gasteiger partial charge in [0.2, 0.25) is 16.9 Å². The van der Waals surface area contributed by atoms with Crippen molar-refractivity contribution >= 4 is 39.3 Å². The highest BCUT2D eigenvalue weighted by atomic mass is 32.2. The number of para-hydroxylation sites is 1. The van der Waals surface area contributed by atoms with Crippen molar-refractivity contribution in [2.24, 2.45) is 0 Å². The summed E-state index contributed by atoms with van der Waals surface area (Å²) < 4.78 is 31.6. The highest BCUT2D eigenvalue weighted by molar-refractivity contribution is 7.81. The molecule has 0 radical (unpaired) electrons. The predicted octanol–water partition coefficient (Wildman–Crippen LogP) is 7.86. The number of hydrogen-bond donors (Lipinski definition) is 0. The lowest BCUT2D eigenvalue weighted by molar-refractivity contribution is -0.142. The van der Waals surface area contributed by atoms with Crippen LogP contribution in [0.15, 0.2) is 146 Å². The molecule has 8 nitrogen and oxygen atoms in total. The minimum absolute atomic E-state index is 0.109. The monoisotopic (exact) mass is 714 g/mol. The molecule has 1 fully saturated rings. The van der Waals surface area contributed by atoms with Crippen molar-refractivity contribution in [3.63, 3.8) is 0 Å². The summed E-state index contributed by atoms with van der Waals surface area (Å²) in [4.78, 5) is 35.8. The molecule has 1 aromatic heterocycles. The van der Waals surface area contributed by atoms with Crippen LogP contribution in [0.3, 0.4) is 0 Å². The fourth-order valence-corrected chi connectivity index (χ4v) is 9.36. The molecule has 1 unspecified atom stereocenters. The van der Waals surface area contributed by atoms with Gasteiger partial charge in [-0.2, -0.15) is 0 Å². The molecule has 0 saturated carbocycles. The maximum atomic E-state index is 14.7. The van der Waals surface area contributed by atoms with Gasteiger partial charge in [-0.25, -0.2) is 14.0 Å². The van der Waals surface area contributed by atoms with Crippen LogP contribution in [0.25, 0.3) is 11.3 Å². The average Bonchev–Trinajstić information content (AvgIpc) is 3.80. The number of methoxy groups -OCH3 is 2. The maximum Gasteiger partial charge on any atom is 0.328 e. The highest BCUT2D eigenvalue weighted by Gasteiger charge is 2.62. The van der Waals surface area contributed by atoms with E-state index in [1.807, 2.05) is 114 Å². The highest BCUT2D eigenvalue weighted by Crippen LogP contribution is 2.53. The summed E-state index contributed by atoms with van der Waals surface area (Å²) in [7, 11) is 2.92. The summed E-state index contributed by atoms with van der Waals surface area (Å²) >= 11 is -0.786. The van der Waals surface area contributed by atoms with E-state index in [-0.39, 0.29) is 12.2 Å². The van der Waals surface area contributed by atoms with Gasteiger partial charge in [0.1, 0.15) is 33.2 Å². The molecule has 0 aliphatic carbocycles. The zero-order valence-corrected chi connectivity index (χ0v) is 29.5. The first-order valence-electron chi connectivity index (χ1n) is 16.3. The molecule has 256 valence electrons. The zero-order valence-electron chi connectivity index (χ0n) is 27.9. The third-order valence-electron chi connectivity index (χ3n) is 9.08. The van der Waals surface area contributed by atoms with Crippen molar-refractivity contribution in [3.8, 4) is 22.8 Å². The largest absolute Gasteiger partial charge is 0.497 e. The molecular weight excluding hydrogens is 681 g/mol. The molecule has 7 rings (SSSR count). The first-order chi connectivity index (χ1) is 24.9. The summed E-state index contributed by atoms with van der Waals surface area (Å²) in [5.41, 5.74) is 1.96. The number of ketones is 1. The van der Waals surface area contributed by atoms with Crippen LogP contribution >= 0.6 is 11.3 Å². The Kier molecular flexibility index (Phi) is 9.78. The second-order valence-corrected chi connectivity index (χ2v) is 14.1. The molecule has 6 aromatic rings. The SMILES string of the molecule is COC(=O)[C@H]1C[C@@H](S(=O)Oc2ccccc2)C(c2ccccc2)(c2ccccc2)N1c1nc(-c2ccccc2)c(C(=O)c2ccc(OC)cc2)s1. The molecule has 1 aliphatic heterocycles. The van der Waals surface area contributed by atoms with Crippen LogP contribution in [0.1, 0.15) is 32.8 Å². The molecule has 1 aliphatic rings. The minimum Gasteiger partial charge on any atom is -0.497 e. The molecular formula is C41H34N2O6S2. The number of aromatic nitrogens is 1. The van der Waals surface area contributed by atoms with Gasteiger partial charge in [-0.1, -0.05) is 121 Å². The Balaban J connectivity index is 1.49. The quantitative estimate of drug-likeness (QED) is 0.0990. The number of thiazole rings is 1. The molecule has 1 saturated heterocycles. The number of hydrogen-bond acceptors (Lipinski definition) is 9. The van der Waals surface area contributed by atoms with Crippen molar-refractivity contribution in [1.82, 2.24) is 4.98 Å². The van der Waals surface area contributed by atoms with Crippen molar-refractivity contribution in [2.45, 2.75) is 23.3 Å². The molecule has 51 heavy (non-hydrogen) atoms. The number of nitrogens with zero attached hydrogens (tertiary/aromatic N) is 2. The lowest BCUT2D eigenvalue weighted by atomic mass is 9.80. The Morgan fingerprint density at radius 1 is 0.745 bits per heavy atom. The lowest BCUT2D eigenvalue weighted by Gasteiger charge is -2.43. The smallest absolute Gasteiger partial charge is 0.328 e. The van der Waals surface area contributed by atoms with Crippen LogP contribution in [0.2, 0.25) is 0 Å². The molecule has 0 spiro atoms. The van der Waals surface area contributed by atoms with Crippen LogP contribution in [-0.4, -0.2) is 46.5 Å². The summed E-state index contributed by atoms with van der Waals surface area (Å²) in [5, 5.41) is -0.399. The van der Waals surface area contributed by atoms with E-state index < -0.39 is 33.9 Å². The van der Waals surface area contributed by atoms with Gasteiger partial charge in [0, 0.05) is 11.1 Å². The molecule has 3 atom stereocenters. The predicted molar refractivity (Wildman–Crippen MR) is 200 cm³/mol. The summed E-state index contributed by atoms with van der Waals surface area (Å²) in [6, 6.07) is 43.8. The zero-order chi connectivity index (χ0) is 35.4. The molecule has 0 N–H and O–H groups in total. The van der Waals surface area contributed by atoms with Crippen molar-refractivity contribution < 1.29 is 27.5 Å². The van der Waals surface area contributed by atoms with Crippen molar-refractivity contribution in [2.75, 3.05) is 19.1 Å². The number of rotatable bonds is 11. The summed E-state index contributed by atoms with van der Waals surface area (Å²) in [5.74, 6) is 0.313. The summed E-state index contributed by atoms with van der Waals surface area (Å²) in [6.45, 7) is 0. The van der Waals surface area contributed by atoms with Gasteiger partial charge in [0.25, 0.3) is 0 Å². The first kappa shape index (κ1) is 33.9. The number of carbonyl (C=O) groups is 2. The van der Waals surface area contributed by atoms with Gasteiger partial charge in [-0.3, -0.25) is 4.79 Å². The van der Waals surface area contributed by atoms with E-state index >= 15 is 0 Å². The Labute approximate surface area is 302 Å². The van der Waals surface area contributed by atoms with Gasteiger partial charge in [-0.05, 0) is 53.9 Å². The van der Waals surface area contributed by atoms with Crippen LogP contribution in [0.5, 0.6) is 11.5 Å². The number of benzene rings is 5. The van der Waals surface area contributed by atoms with Crippen molar-refractivity contribution in [1.29, 1.82) is 0 Å². The van der Waals surface area contributed by atoms with E-state index in [1.54, 1.807) is 43.5 Å².